The molecular weight excluding hydrogens is 240 g/mol. The SMILES string of the molecule is Cc1nc(CN)cc(NCC(O)c2ccccc2)n1. The molecule has 100 valence electrons. The van der Waals surface area contributed by atoms with Gasteiger partial charge in [-0.05, 0) is 12.5 Å². The maximum Gasteiger partial charge on any atom is 0.130 e. The molecule has 4 N–H and O–H groups in total. The van der Waals surface area contributed by atoms with E-state index >= 15 is 0 Å². The lowest BCUT2D eigenvalue weighted by Crippen LogP contribution is -2.14. The van der Waals surface area contributed by atoms with Gasteiger partial charge in [0.15, 0.2) is 0 Å². The summed E-state index contributed by atoms with van der Waals surface area (Å²) in [5.74, 6) is 1.35. The Morgan fingerprint density at radius 1 is 1.26 bits per heavy atom. The highest BCUT2D eigenvalue weighted by atomic mass is 16.3. The summed E-state index contributed by atoms with van der Waals surface area (Å²) in [7, 11) is 0. The summed E-state index contributed by atoms with van der Waals surface area (Å²) in [5, 5.41) is 13.1. The summed E-state index contributed by atoms with van der Waals surface area (Å²) in [6.45, 7) is 2.59. The Balaban J connectivity index is 2.01. The summed E-state index contributed by atoms with van der Waals surface area (Å²) in [4.78, 5) is 8.46. The molecule has 0 radical (unpaired) electrons. The first kappa shape index (κ1) is 13.5. The molecule has 0 aliphatic heterocycles. The van der Waals surface area contributed by atoms with Gasteiger partial charge in [0.2, 0.25) is 0 Å². The minimum atomic E-state index is -0.571. The van der Waals surface area contributed by atoms with Gasteiger partial charge in [-0.1, -0.05) is 30.3 Å². The molecule has 5 heteroatoms. The van der Waals surface area contributed by atoms with Crippen molar-refractivity contribution in [2.45, 2.75) is 19.6 Å². The molecular formula is C14H18N4O. The number of aryl methyl sites for hydroxylation is 1. The molecule has 1 unspecified atom stereocenters. The van der Waals surface area contributed by atoms with Crippen molar-refractivity contribution in [1.29, 1.82) is 0 Å². The van der Waals surface area contributed by atoms with Crippen LogP contribution in [0.5, 0.6) is 0 Å². The van der Waals surface area contributed by atoms with E-state index in [0.717, 1.165) is 11.3 Å². The zero-order valence-electron chi connectivity index (χ0n) is 10.9. The number of hydrogen-bond acceptors (Lipinski definition) is 5. The Kier molecular flexibility index (Phi) is 4.43. The first-order valence-electron chi connectivity index (χ1n) is 6.20. The maximum absolute atomic E-state index is 10.0. The number of aromatic nitrogens is 2. The van der Waals surface area contributed by atoms with Crippen LogP contribution >= 0.6 is 0 Å². The molecule has 5 nitrogen and oxygen atoms in total. The fourth-order valence-corrected chi connectivity index (χ4v) is 1.82. The Morgan fingerprint density at radius 3 is 2.68 bits per heavy atom. The molecule has 1 aromatic heterocycles. The van der Waals surface area contributed by atoms with Gasteiger partial charge in [-0.25, -0.2) is 9.97 Å². The van der Waals surface area contributed by atoms with Crippen molar-refractivity contribution < 1.29 is 5.11 Å². The average molecular weight is 258 g/mol. The number of nitrogens with one attached hydrogen (secondary N) is 1. The molecule has 0 aliphatic carbocycles. The lowest BCUT2D eigenvalue weighted by atomic mass is 10.1. The second-order valence-electron chi connectivity index (χ2n) is 4.30. The molecule has 0 amide bonds. The quantitative estimate of drug-likeness (QED) is 0.754. The van der Waals surface area contributed by atoms with Crippen LogP contribution in [0, 0.1) is 6.92 Å². The highest BCUT2D eigenvalue weighted by Crippen LogP contribution is 2.13. The number of benzene rings is 1. The van der Waals surface area contributed by atoms with Crippen LogP contribution in [0.15, 0.2) is 36.4 Å². The third kappa shape index (κ3) is 3.74. The van der Waals surface area contributed by atoms with Crippen LogP contribution in [0.3, 0.4) is 0 Å². The predicted molar refractivity (Wildman–Crippen MR) is 74.6 cm³/mol. The summed E-state index contributed by atoms with van der Waals surface area (Å²) < 4.78 is 0. The van der Waals surface area contributed by atoms with Gasteiger partial charge < -0.3 is 16.2 Å². The number of nitrogens with two attached hydrogens (primary N) is 1. The zero-order valence-corrected chi connectivity index (χ0v) is 10.9. The molecule has 0 bridgehead atoms. The van der Waals surface area contributed by atoms with E-state index in [9.17, 15) is 5.11 Å². The molecule has 19 heavy (non-hydrogen) atoms. The number of anilines is 1. The van der Waals surface area contributed by atoms with E-state index < -0.39 is 6.10 Å². The maximum atomic E-state index is 10.0. The second kappa shape index (κ2) is 6.26. The first-order chi connectivity index (χ1) is 9.19. The number of aliphatic hydroxyl groups is 1. The molecule has 2 rings (SSSR count). The van der Waals surface area contributed by atoms with Crippen LogP contribution in [-0.4, -0.2) is 21.6 Å². The Bertz CT molecular complexity index is 530. The summed E-state index contributed by atoms with van der Waals surface area (Å²) in [6, 6.07) is 11.3. The summed E-state index contributed by atoms with van der Waals surface area (Å²) >= 11 is 0. The van der Waals surface area contributed by atoms with Gasteiger partial charge in [-0.3, -0.25) is 0 Å². The van der Waals surface area contributed by atoms with Crippen LogP contribution in [0.25, 0.3) is 0 Å². The van der Waals surface area contributed by atoms with E-state index in [2.05, 4.69) is 15.3 Å². The van der Waals surface area contributed by atoms with Crippen LogP contribution in [0.2, 0.25) is 0 Å². The molecule has 1 heterocycles. The van der Waals surface area contributed by atoms with E-state index in [1.54, 1.807) is 6.07 Å². The Labute approximate surface area is 112 Å². The van der Waals surface area contributed by atoms with E-state index in [0.29, 0.717) is 24.7 Å². The van der Waals surface area contributed by atoms with Crippen LogP contribution in [0.4, 0.5) is 5.82 Å². The van der Waals surface area contributed by atoms with Crippen molar-refractivity contribution >= 4 is 5.82 Å². The van der Waals surface area contributed by atoms with E-state index in [1.807, 2.05) is 37.3 Å². The van der Waals surface area contributed by atoms with Crippen molar-refractivity contribution in [2.24, 2.45) is 5.73 Å². The van der Waals surface area contributed by atoms with Gasteiger partial charge in [0.25, 0.3) is 0 Å². The van der Waals surface area contributed by atoms with Crippen molar-refractivity contribution in [1.82, 2.24) is 9.97 Å². The van der Waals surface area contributed by atoms with Crippen molar-refractivity contribution in [3.05, 3.63) is 53.5 Å². The molecule has 1 aromatic carbocycles. The van der Waals surface area contributed by atoms with Gasteiger partial charge in [-0.2, -0.15) is 0 Å². The molecule has 0 saturated carbocycles. The standard InChI is InChI=1S/C14H18N4O/c1-10-17-12(8-15)7-14(18-10)16-9-13(19)11-5-3-2-4-6-11/h2-7,13,19H,8-9,15H2,1H3,(H,16,17,18). The third-order valence-electron chi connectivity index (χ3n) is 2.76. The van der Waals surface area contributed by atoms with Gasteiger partial charge in [0, 0.05) is 19.2 Å². The lowest BCUT2D eigenvalue weighted by Gasteiger charge is -2.13. The number of hydrogen-bond donors (Lipinski definition) is 3. The summed E-state index contributed by atoms with van der Waals surface area (Å²) in [5.41, 5.74) is 7.22. The molecule has 1 atom stereocenters. The third-order valence-corrected chi connectivity index (χ3v) is 2.76. The number of rotatable bonds is 5. The van der Waals surface area contributed by atoms with Crippen molar-refractivity contribution in [3.8, 4) is 0 Å². The minimum absolute atomic E-state index is 0.374. The first-order valence-corrected chi connectivity index (χ1v) is 6.20. The smallest absolute Gasteiger partial charge is 0.130 e. The Hall–Kier alpha value is -1.98. The van der Waals surface area contributed by atoms with Crippen molar-refractivity contribution in [2.75, 3.05) is 11.9 Å². The second-order valence-corrected chi connectivity index (χ2v) is 4.30. The molecule has 0 fully saturated rings. The molecule has 0 aliphatic rings. The molecule has 0 saturated heterocycles. The van der Waals surface area contributed by atoms with Gasteiger partial charge >= 0.3 is 0 Å². The lowest BCUT2D eigenvalue weighted by molar-refractivity contribution is 0.191. The van der Waals surface area contributed by atoms with E-state index in [-0.39, 0.29) is 0 Å². The average Bonchev–Trinajstić information content (AvgIpc) is 2.45. The van der Waals surface area contributed by atoms with Gasteiger partial charge in [0.1, 0.15) is 11.6 Å². The highest BCUT2D eigenvalue weighted by Gasteiger charge is 2.07. The van der Waals surface area contributed by atoms with Crippen LogP contribution in [0.1, 0.15) is 23.2 Å². The van der Waals surface area contributed by atoms with Gasteiger partial charge in [-0.15, -0.1) is 0 Å². The van der Waals surface area contributed by atoms with Gasteiger partial charge in [0.05, 0.1) is 11.8 Å². The number of aliphatic hydroxyl groups excluding tert-OH is 1. The van der Waals surface area contributed by atoms with E-state index in [4.69, 9.17) is 5.73 Å². The monoisotopic (exact) mass is 258 g/mol. The predicted octanol–water partition coefficient (Wildman–Crippen LogP) is 1.39. The van der Waals surface area contributed by atoms with E-state index in [1.165, 1.54) is 0 Å². The number of nitrogens with zero attached hydrogens (tertiary/aromatic N) is 2. The molecule has 0 spiro atoms. The summed E-state index contributed by atoms with van der Waals surface area (Å²) in [6.07, 6.45) is -0.571. The molecule has 2 aromatic rings. The topological polar surface area (TPSA) is 84.1 Å². The fraction of sp³-hybridized carbons (Fsp3) is 0.286. The largest absolute Gasteiger partial charge is 0.387 e. The normalized spacial score (nSPS) is 12.2. The van der Waals surface area contributed by atoms with Crippen molar-refractivity contribution in [3.63, 3.8) is 0 Å². The Morgan fingerprint density at radius 2 is 2.00 bits per heavy atom. The zero-order chi connectivity index (χ0) is 13.7. The highest BCUT2D eigenvalue weighted by molar-refractivity contribution is 5.36. The van der Waals surface area contributed by atoms with Crippen LogP contribution in [-0.2, 0) is 6.54 Å². The minimum Gasteiger partial charge on any atom is -0.387 e. The van der Waals surface area contributed by atoms with Crippen LogP contribution < -0.4 is 11.1 Å². The fourth-order valence-electron chi connectivity index (χ4n) is 1.82.